The number of carbonyl (C=O) groups excluding carboxylic acids is 2. The molecule has 1 unspecified atom stereocenters. The van der Waals surface area contributed by atoms with Crippen molar-refractivity contribution in [1.82, 2.24) is 14.9 Å². The number of nitrogens with one attached hydrogen (secondary N) is 2. The first-order chi connectivity index (χ1) is 14.5. The van der Waals surface area contributed by atoms with Gasteiger partial charge in [-0.25, -0.2) is 4.98 Å². The Morgan fingerprint density at radius 3 is 2.77 bits per heavy atom. The van der Waals surface area contributed by atoms with Crippen LogP contribution in [0.4, 0.5) is 5.69 Å². The molecule has 2 amide bonds. The largest absolute Gasteiger partial charge is 0.459 e. The van der Waals surface area contributed by atoms with Crippen molar-refractivity contribution in [3.8, 4) is 11.3 Å². The third-order valence-corrected chi connectivity index (χ3v) is 5.32. The normalized spacial score (nSPS) is 14.2. The lowest BCUT2D eigenvalue weighted by Gasteiger charge is -2.21. The second-order valence-corrected chi connectivity index (χ2v) is 7.94. The maximum absolute atomic E-state index is 12.9. The zero-order valence-electron chi connectivity index (χ0n) is 17.2. The number of hydrogen-bond donors (Lipinski definition) is 2. The number of nitrogens with zero attached hydrogens (tertiary/aromatic N) is 2. The average molecular weight is 406 g/mol. The van der Waals surface area contributed by atoms with Gasteiger partial charge in [0.15, 0.2) is 5.76 Å². The van der Waals surface area contributed by atoms with E-state index in [1.807, 2.05) is 38.1 Å². The van der Waals surface area contributed by atoms with Gasteiger partial charge < -0.3 is 19.6 Å². The third-order valence-electron chi connectivity index (χ3n) is 5.32. The molecule has 2 aromatic heterocycles. The third kappa shape index (κ3) is 4.30. The summed E-state index contributed by atoms with van der Waals surface area (Å²) in [5.41, 5.74) is 2.53. The highest BCUT2D eigenvalue weighted by Crippen LogP contribution is 2.25. The molecule has 0 spiro atoms. The SMILES string of the molecule is CC(C)C(NC(=O)c1ccco1)C(=O)Nc1cccc(-c2cn3c(n2)CCCC3)c1. The maximum atomic E-state index is 12.9. The van der Waals surface area contributed by atoms with E-state index in [0.29, 0.717) is 5.69 Å². The van der Waals surface area contributed by atoms with E-state index in [1.54, 1.807) is 12.1 Å². The first kappa shape index (κ1) is 19.9. The maximum Gasteiger partial charge on any atom is 0.287 e. The zero-order valence-corrected chi connectivity index (χ0v) is 17.2. The van der Waals surface area contributed by atoms with Gasteiger partial charge in [0.05, 0.1) is 12.0 Å². The highest BCUT2D eigenvalue weighted by atomic mass is 16.3. The lowest BCUT2D eigenvalue weighted by atomic mass is 10.0. The number of rotatable bonds is 6. The van der Waals surface area contributed by atoms with Crippen LogP contribution in [0, 0.1) is 5.92 Å². The monoisotopic (exact) mass is 406 g/mol. The topological polar surface area (TPSA) is 89.2 Å². The molecule has 0 bridgehead atoms. The summed E-state index contributed by atoms with van der Waals surface area (Å²) >= 11 is 0. The molecule has 7 nitrogen and oxygen atoms in total. The van der Waals surface area contributed by atoms with Gasteiger partial charge in [-0.3, -0.25) is 9.59 Å². The quantitative estimate of drug-likeness (QED) is 0.650. The molecule has 30 heavy (non-hydrogen) atoms. The van der Waals surface area contributed by atoms with Crippen LogP contribution in [0.1, 0.15) is 43.1 Å². The minimum Gasteiger partial charge on any atom is -0.459 e. The van der Waals surface area contributed by atoms with Gasteiger partial charge in [-0.1, -0.05) is 26.0 Å². The number of anilines is 1. The predicted molar refractivity (Wildman–Crippen MR) is 114 cm³/mol. The number of imidazole rings is 1. The van der Waals surface area contributed by atoms with Crippen molar-refractivity contribution in [2.45, 2.75) is 45.7 Å². The van der Waals surface area contributed by atoms with Gasteiger partial charge in [-0.15, -0.1) is 0 Å². The summed E-state index contributed by atoms with van der Waals surface area (Å²) in [7, 11) is 0. The minimum absolute atomic E-state index is 0.0908. The summed E-state index contributed by atoms with van der Waals surface area (Å²) in [5.74, 6) is 0.523. The van der Waals surface area contributed by atoms with Gasteiger partial charge in [-0.2, -0.15) is 0 Å². The van der Waals surface area contributed by atoms with Crippen LogP contribution in [0.3, 0.4) is 0 Å². The molecule has 1 aromatic carbocycles. The smallest absolute Gasteiger partial charge is 0.287 e. The Morgan fingerprint density at radius 2 is 2.03 bits per heavy atom. The highest BCUT2D eigenvalue weighted by Gasteiger charge is 2.26. The van der Waals surface area contributed by atoms with Crippen LogP contribution >= 0.6 is 0 Å². The molecule has 0 aliphatic carbocycles. The van der Waals surface area contributed by atoms with Crippen molar-refractivity contribution in [3.63, 3.8) is 0 Å². The first-order valence-electron chi connectivity index (χ1n) is 10.3. The van der Waals surface area contributed by atoms with E-state index < -0.39 is 11.9 Å². The number of benzene rings is 1. The van der Waals surface area contributed by atoms with Crippen LogP contribution in [-0.4, -0.2) is 27.4 Å². The molecule has 0 fully saturated rings. The molecular formula is C23H26N4O3. The summed E-state index contributed by atoms with van der Waals surface area (Å²) < 4.78 is 7.33. The van der Waals surface area contributed by atoms with Crippen LogP contribution in [0.25, 0.3) is 11.3 Å². The van der Waals surface area contributed by atoms with Crippen molar-refractivity contribution >= 4 is 17.5 Å². The van der Waals surface area contributed by atoms with E-state index in [4.69, 9.17) is 9.40 Å². The Labute approximate surface area is 175 Å². The fraction of sp³-hybridized carbons (Fsp3) is 0.348. The fourth-order valence-corrected chi connectivity index (χ4v) is 3.68. The van der Waals surface area contributed by atoms with Crippen LogP contribution in [0.15, 0.2) is 53.3 Å². The molecule has 7 heteroatoms. The van der Waals surface area contributed by atoms with Crippen molar-refractivity contribution in [2.75, 3.05) is 5.32 Å². The zero-order chi connectivity index (χ0) is 21.1. The van der Waals surface area contributed by atoms with Crippen LogP contribution in [0.5, 0.6) is 0 Å². The minimum atomic E-state index is -0.689. The Kier molecular flexibility index (Phi) is 5.70. The van der Waals surface area contributed by atoms with E-state index >= 15 is 0 Å². The molecule has 3 heterocycles. The van der Waals surface area contributed by atoms with Gasteiger partial charge in [0.1, 0.15) is 11.9 Å². The second kappa shape index (κ2) is 8.57. The highest BCUT2D eigenvalue weighted by molar-refractivity contribution is 6.00. The van der Waals surface area contributed by atoms with Gasteiger partial charge in [-0.05, 0) is 43.0 Å². The summed E-state index contributed by atoms with van der Waals surface area (Å²) in [5, 5.41) is 5.68. The molecule has 0 saturated carbocycles. The average Bonchev–Trinajstić information content (AvgIpc) is 3.41. The summed E-state index contributed by atoms with van der Waals surface area (Å²) in [6, 6.07) is 10.2. The second-order valence-electron chi connectivity index (χ2n) is 7.94. The van der Waals surface area contributed by atoms with Crippen molar-refractivity contribution in [2.24, 2.45) is 5.92 Å². The number of carbonyl (C=O) groups is 2. The molecule has 1 atom stereocenters. The van der Waals surface area contributed by atoms with Crippen LogP contribution < -0.4 is 10.6 Å². The number of fused-ring (bicyclic) bond motifs is 1. The molecule has 1 aliphatic heterocycles. The predicted octanol–water partition coefficient (Wildman–Crippen LogP) is 3.87. The molecule has 0 saturated heterocycles. The van der Waals surface area contributed by atoms with E-state index in [1.165, 1.54) is 19.1 Å². The number of hydrogen-bond acceptors (Lipinski definition) is 4. The summed E-state index contributed by atoms with van der Waals surface area (Å²) in [6.45, 7) is 4.78. The summed E-state index contributed by atoms with van der Waals surface area (Å²) in [6.07, 6.45) is 6.86. The van der Waals surface area contributed by atoms with Gasteiger partial charge >= 0.3 is 0 Å². The molecule has 0 radical (unpaired) electrons. The molecule has 3 aromatic rings. The molecular weight excluding hydrogens is 380 g/mol. The number of aryl methyl sites for hydroxylation is 2. The number of aromatic nitrogens is 2. The fourth-order valence-electron chi connectivity index (χ4n) is 3.68. The number of furan rings is 1. The Bertz CT molecular complexity index is 1010. The van der Waals surface area contributed by atoms with Gasteiger partial charge in [0, 0.05) is 30.4 Å². The summed E-state index contributed by atoms with van der Waals surface area (Å²) in [4.78, 5) is 30.0. The van der Waals surface area contributed by atoms with Crippen molar-refractivity contribution in [1.29, 1.82) is 0 Å². The first-order valence-corrected chi connectivity index (χ1v) is 10.3. The number of amides is 2. The van der Waals surface area contributed by atoms with Gasteiger partial charge in [0.25, 0.3) is 5.91 Å². The lowest BCUT2D eigenvalue weighted by molar-refractivity contribution is -0.118. The van der Waals surface area contributed by atoms with Gasteiger partial charge in [0.2, 0.25) is 5.91 Å². The van der Waals surface area contributed by atoms with Crippen molar-refractivity contribution < 1.29 is 14.0 Å². The lowest BCUT2D eigenvalue weighted by Crippen LogP contribution is -2.47. The Balaban J connectivity index is 1.48. The molecule has 4 rings (SSSR count). The molecule has 1 aliphatic rings. The van der Waals surface area contributed by atoms with E-state index in [-0.39, 0.29) is 17.6 Å². The molecule has 2 N–H and O–H groups in total. The Morgan fingerprint density at radius 1 is 1.17 bits per heavy atom. The standard InChI is InChI=1S/C23H26N4O3/c1-15(2)21(26-22(28)19-9-6-12-30-19)23(29)24-17-8-5-7-16(13-17)18-14-27-11-4-3-10-20(27)25-18/h5-9,12-15,21H,3-4,10-11H2,1-2H3,(H,24,29)(H,26,28). The van der Waals surface area contributed by atoms with E-state index in [2.05, 4.69) is 21.4 Å². The van der Waals surface area contributed by atoms with E-state index in [0.717, 1.165) is 30.0 Å². The Hall–Kier alpha value is -3.35. The van der Waals surface area contributed by atoms with Crippen molar-refractivity contribution in [3.05, 3.63) is 60.4 Å². The van der Waals surface area contributed by atoms with E-state index in [9.17, 15) is 9.59 Å². The van der Waals surface area contributed by atoms with Crippen LogP contribution in [-0.2, 0) is 17.8 Å². The van der Waals surface area contributed by atoms with Crippen LogP contribution in [0.2, 0.25) is 0 Å². The molecule has 156 valence electrons.